The Morgan fingerprint density at radius 2 is 2.00 bits per heavy atom. The van der Waals surface area contributed by atoms with Crippen molar-refractivity contribution in [1.29, 1.82) is 0 Å². The molecule has 18 heavy (non-hydrogen) atoms. The summed E-state index contributed by atoms with van der Waals surface area (Å²) in [5, 5.41) is 3.43. The summed E-state index contributed by atoms with van der Waals surface area (Å²) in [5.41, 5.74) is 1.40. The Morgan fingerprint density at radius 3 is 2.50 bits per heavy atom. The molecule has 102 valence electrons. The monoisotopic (exact) mass is 313 g/mol. The van der Waals surface area contributed by atoms with Crippen molar-refractivity contribution in [3.63, 3.8) is 0 Å². The molecule has 0 radical (unpaired) electrons. The molecule has 1 atom stereocenters. The first kappa shape index (κ1) is 15.5. The zero-order chi connectivity index (χ0) is 13.8. The lowest BCUT2D eigenvalue weighted by atomic mass is 9.78. The van der Waals surface area contributed by atoms with Gasteiger partial charge in [0.25, 0.3) is 0 Å². The van der Waals surface area contributed by atoms with Crippen molar-refractivity contribution < 1.29 is 4.74 Å². The highest BCUT2D eigenvalue weighted by Crippen LogP contribution is 2.40. The maximum absolute atomic E-state index is 5.75. The van der Waals surface area contributed by atoms with E-state index in [1.807, 2.05) is 26.1 Å². The third-order valence-corrected chi connectivity index (χ3v) is 4.06. The van der Waals surface area contributed by atoms with Crippen LogP contribution in [0, 0.1) is 5.41 Å². The van der Waals surface area contributed by atoms with Crippen LogP contribution in [0.1, 0.15) is 45.7 Å². The van der Waals surface area contributed by atoms with Crippen molar-refractivity contribution in [1.82, 2.24) is 5.32 Å². The fraction of sp³-hybridized carbons (Fsp3) is 0.600. The van der Waals surface area contributed by atoms with Crippen molar-refractivity contribution in [2.24, 2.45) is 5.41 Å². The SMILES string of the molecule is CCOc1ccc(Br)cc1C(NC)C(C)(C)CC. The van der Waals surface area contributed by atoms with Crippen LogP contribution in [0.2, 0.25) is 0 Å². The summed E-state index contributed by atoms with van der Waals surface area (Å²) >= 11 is 3.55. The molecule has 3 heteroatoms. The molecule has 0 aliphatic rings. The second-order valence-electron chi connectivity index (χ2n) is 5.18. The van der Waals surface area contributed by atoms with Crippen LogP contribution >= 0.6 is 15.9 Å². The van der Waals surface area contributed by atoms with Crippen LogP contribution < -0.4 is 10.1 Å². The van der Waals surface area contributed by atoms with Gasteiger partial charge in [0.2, 0.25) is 0 Å². The predicted molar refractivity (Wildman–Crippen MR) is 81.2 cm³/mol. The highest BCUT2D eigenvalue weighted by Gasteiger charge is 2.30. The highest BCUT2D eigenvalue weighted by atomic mass is 79.9. The third kappa shape index (κ3) is 3.48. The molecular weight excluding hydrogens is 290 g/mol. The van der Waals surface area contributed by atoms with Gasteiger partial charge in [-0.25, -0.2) is 0 Å². The number of nitrogens with one attached hydrogen (secondary N) is 1. The zero-order valence-electron chi connectivity index (χ0n) is 12.0. The Morgan fingerprint density at radius 1 is 1.33 bits per heavy atom. The standard InChI is InChI=1S/C15H24BrNO/c1-6-15(3,4)14(17-5)12-10-11(16)8-9-13(12)18-7-2/h8-10,14,17H,6-7H2,1-5H3. The fourth-order valence-electron chi connectivity index (χ4n) is 2.20. The van der Waals surface area contributed by atoms with Gasteiger partial charge in [-0.3, -0.25) is 0 Å². The summed E-state index contributed by atoms with van der Waals surface area (Å²) in [5.74, 6) is 0.974. The summed E-state index contributed by atoms with van der Waals surface area (Å²) in [7, 11) is 2.01. The smallest absolute Gasteiger partial charge is 0.124 e. The Hall–Kier alpha value is -0.540. The number of halogens is 1. The van der Waals surface area contributed by atoms with Crippen LogP contribution in [-0.4, -0.2) is 13.7 Å². The van der Waals surface area contributed by atoms with Gasteiger partial charge in [0, 0.05) is 16.1 Å². The summed E-state index contributed by atoms with van der Waals surface area (Å²) < 4.78 is 6.84. The maximum atomic E-state index is 5.75. The van der Waals surface area contributed by atoms with E-state index >= 15 is 0 Å². The molecule has 1 aromatic rings. The normalized spacial score (nSPS) is 13.4. The van der Waals surface area contributed by atoms with Gasteiger partial charge in [-0.1, -0.05) is 36.7 Å². The lowest BCUT2D eigenvalue weighted by Gasteiger charge is -2.34. The Labute approximate surface area is 119 Å². The van der Waals surface area contributed by atoms with Crippen LogP contribution in [0.5, 0.6) is 5.75 Å². The Balaban J connectivity index is 3.22. The van der Waals surface area contributed by atoms with Crippen molar-refractivity contribution >= 4 is 15.9 Å². The van der Waals surface area contributed by atoms with Gasteiger partial charge in [-0.2, -0.15) is 0 Å². The van der Waals surface area contributed by atoms with Crippen molar-refractivity contribution in [2.75, 3.05) is 13.7 Å². The van der Waals surface area contributed by atoms with Gasteiger partial charge in [-0.15, -0.1) is 0 Å². The molecule has 1 N–H and O–H groups in total. The maximum Gasteiger partial charge on any atom is 0.124 e. The number of ether oxygens (including phenoxy) is 1. The van der Waals surface area contributed by atoms with E-state index in [1.54, 1.807) is 0 Å². The van der Waals surface area contributed by atoms with E-state index in [4.69, 9.17) is 4.74 Å². The van der Waals surface area contributed by atoms with Gasteiger partial charge in [0.1, 0.15) is 5.75 Å². The summed E-state index contributed by atoms with van der Waals surface area (Å²) in [6, 6.07) is 6.50. The molecule has 0 bridgehead atoms. The van der Waals surface area contributed by atoms with Gasteiger partial charge in [-0.05, 0) is 44.0 Å². The molecule has 1 aromatic carbocycles. The molecule has 0 saturated carbocycles. The molecule has 1 rings (SSSR count). The van der Waals surface area contributed by atoms with Crippen LogP contribution in [0.15, 0.2) is 22.7 Å². The average molecular weight is 314 g/mol. The van der Waals surface area contributed by atoms with Crippen molar-refractivity contribution in [3.05, 3.63) is 28.2 Å². The van der Waals surface area contributed by atoms with Gasteiger partial charge in [0.05, 0.1) is 6.61 Å². The number of benzene rings is 1. The number of hydrogen-bond acceptors (Lipinski definition) is 2. The fourth-order valence-corrected chi connectivity index (χ4v) is 2.58. The lowest BCUT2D eigenvalue weighted by Crippen LogP contribution is -2.32. The van der Waals surface area contributed by atoms with Crippen LogP contribution in [0.3, 0.4) is 0 Å². The van der Waals surface area contributed by atoms with E-state index in [9.17, 15) is 0 Å². The van der Waals surface area contributed by atoms with E-state index in [1.165, 1.54) is 5.56 Å². The Kier molecular flexibility index (Phi) is 5.67. The summed E-state index contributed by atoms with van der Waals surface area (Å²) in [6.07, 6.45) is 1.11. The first-order chi connectivity index (χ1) is 8.46. The number of hydrogen-bond donors (Lipinski definition) is 1. The molecule has 2 nitrogen and oxygen atoms in total. The van der Waals surface area contributed by atoms with Crippen LogP contribution in [0.25, 0.3) is 0 Å². The summed E-state index contributed by atoms with van der Waals surface area (Å²) in [6.45, 7) is 9.50. The minimum Gasteiger partial charge on any atom is -0.494 e. The number of rotatable bonds is 6. The highest BCUT2D eigenvalue weighted by molar-refractivity contribution is 9.10. The molecule has 0 aromatic heterocycles. The van der Waals surface area contributed by atoms with E-state index < -0.39 is 0 Å². The largest absolute Gasteiger partial charge is 0.494 e. The topological polar surface area (TPSA) is 21.3 Å². The van der Waals surface area contributed by atoms with Gasteiger partial charge < -0.3 is 10.1 Å². The van der Waals surface area contributed by atoms with Gasteiger partial charge >= 0.3 is 0 Å². The van der Waals surface area contributed by atoms with Crippen molar-refractivity contribution in [3.8, 4) is 5.75 Å². The minimum atomic E-state index is 0.182. The molecule has 0 saturated heterocycles. The first-order valence-electron chi connectivity index (χ1n) is 6.55. The van der Waals surface area contributed by atoms with Gasteiger partial charge in [0.15, 0.2) is 0 Å². The van der Waals surface area contributed by atoms with Crippen LogP contribution in [0.4, 0.5) is 0 Å². The van der Waals surface area contributed by atoms with E-state index in [2.05, 4.69) is 48.1 Å². The summed E-state index contributed by atoms with van der Waals surface area (Å²) in [4.78, 5) is 0. The molecule has 1 unspecified atom stereocenters. The third-order valence-electron chi connectivity index (χ3n) is 3.56. The van der Waals surface area contributed by atoms with E-state index in [0.717, 1.165) is 16.6 Å². The molecule has 0 aliphatic heterocycles. The molecule has 0 spiro atoms. The quantitative estimate of drug-likeness (QED) is 0.832. The molecule has 0 aliphatic carbocycles. The second kappa shape index (κ2) is 6.58. The molecule has 0 amide bonds. The zero-order valence-corrected chi connectivity index (χ0v) is 13.6. The van der Waals surface area contributed by atoms with E-state index in [0.29, 0.717) is 6.61 Å². The van der Waals surface area contributed by atoms with E-state index in [-0.39, 0.29) is 11.5 Å². The average Bonchev–Trinajstić information content (AvgIpc) is 2.33. The molecule has 0 fully saturated rings. The predicted octanol–water partition coefficient (Wildman–Crippen LogP) is 4.54. The molecular formula is C15H24BrNO. The second-order valence-corrected chi connectivity index (χ2v) is 6.09. The Bertz CT molecular complexity index is 390. The minimum absolute atomic E-state index is 0.182. The first-order valence-corrected chi connectivity index (χ1v) is 7.35. The lowest BCUT2D eigenvalue weighted by molar-refractivity contribution is 0.236. The van der Waals surface area contributed by atoms with Crippen molar-refractivity contribution in [2.45, 2.75) is 40.2 Å². The molecule has 0 heterocycles. The van der Waals surface area contributed by atoms with Crippen LogP contribution in [-0.2, 0) is 0 Å².